The summed E-state index contributed by atoms with van der Waals surface area (Å²) in [5, 5.41) is 3.02. The number of nitrogens with zero attached hydrogens (tertiary/aromatic N) is 2. The second-order valence-corrected chi connectivity index (χ2v) is 8.10. The number of pyridine rings is 1. The molecule has 1 aromatic heterocycles. The minimum absolute atomic E-state index is 0.0379. The van der Waals surface area contributed by atoms with Crippen LogP contribution in [0.15, 0.2) is 66.9 Å². The molecule has 0 spiro atoms. The van der Waals surface area contributed by atoms with Crippen LogP contribution in [0.25, 0.3) is 11.3 Å². The summed E-state index contributed by atoms with van der Waals surface area (Å²) in [5.74, 6) is -0.0379. The molecule has 1 amide bonds. The number of benzene rings is 2. The Morgan fingerprint density at radius 1 is 0.933 bits per heavy atom. The predicted molar refractivity (Wildman–Crippen MR) is 121 cm³/mol. The second kappa shape index (κ2) is 9.68. The van der Waals surface area contributed by atoms with Gasteiger partial charge in [0, 0.05) is 30.4 Å². The van der Waals surface area contributed by atoms with E-state index < -0.39 is 0 Å². The standard InChI is InChI=1S/C26H29N3O/c1-20-4-13-25(28-18-20)23-9-11-24(12-10-23)26(30)27-15-14-21-5-7-22(8-6-21)19-29-16-2-3-17-29/h4-13,18H,2-3,14-17,19H2,1H3,(H,27,30). The largest absolute Gasteiger partial charge is 0.352 e. The third-order valence-electron chi connectivity index (χ3n) is 5.68. The number of aryl methyl sites for hydroxylation is 1. The smallest absolute Gasteiger partial charge is 0.251 e. The molecule has 0 aliphatic carbocycles. The highest BCUT2D eigenvalue weighted by molar-refractivity contribution is 5.94. The van der Waals surface area contributed by atoms with Gasteiger partial charge in [0.25, 0.3) is 5.91 Å². The van der Waals surface area contributed by atoms with Crippen LogP contribution in [0.2, 0.25) is 0 Å². The van der Waals surface area contributed by atoms with Crippen LogP contribution in [0, 0.1) is 6.92 Å². The molecule has 154 valence electrons. The SMILES string of the molecule is Cc1ccc(-c2ccc(C(=O)NCCc3ccc(CN4CCCC4)cc3)cc2)nc1. The maximum Gasteiger partial charge on any atom is 0.251 e. The van der Waals surface area contributed by atoms with Crippen molar-refractivity contribution >= 4 is 5.91 Å². The van der Waals surface area contributed by atoms with Crippen molar-refractivity contribution < 1.29 is 4.79 Å². The van der Waals surface area contributed by atoms with Crippen molar-refractivity contribution in [3.8, 4) is 11.3 Å². The molecule has 0 radical (unpaired) electrons. The lowest BCUT2D eigenvalue weighted by molar-refractivity contribution is 0.0954. The van der Waals surface area contributed by atoms with E-state index in [0.717, 1.165) is 29.8 Å². The van der Waals surface area contributed by atoms with Crippen LogP contribution in [0.1, 0.15) is 39.9 Å². The zero-order valence-corrected chi connectivity index (χ0v) is 17.6. The number of aromatic nitrogens is 1. The Morgan fingerprint density at radius 2 is 1.63 bits per heavy atom. The van der Waals surface area contributed by atoms with Gasteiger partial charge in [-0.2, -0.15) is 0 Å². The molecule has 1 N–H and O–H groups in total. The lowest BCUT2D eigenvalue weighted by Crippen LogP contribution is -2.25. The first kappa shape index (κ1) is 20.3. The minimum atomic E-state index is -0.0379. The molecular formula is C26H29N3O. The first-order chi connectivity index (χ1) is 14.7. The number of amides is 1. The van der Waals surface area contributed by atoms with E-state index in [1.165, 1.54) is 37.1 Å². The van der Waals surface area contributed by atoms with Crippen molar-refractivity contribution in [2.45, 2.75) is 32.7 Å². The third kappa shape index (κ3) is 5.33. The van der Waals surface area contributed by atoms with Gasteiger partial charge in [0.2, 0.25) is 0 Å². The van der Waals surface area contributed by atoms with Crippen LogP contribution in [0.3, 0.4) is 0 Å². The molecular weight excluding hydrogens is 370 g/mol. The van der Waals surface area contributed by atoms with Gasteiger partial charge in [-0.3, -0.25) is 14.7 Å². The molecule has 0 saturated carbocycles. The van der Waals surface area contributed by atoms with Crippen LogP contribution < -0.4 is 5.32 Å². The van der Waals surface area contributed by atoms with Crippen molar-refractivity contribution in [2.75, 3.05) is 19.6 Å². The number of likely N-dealkylation sites (tertiary alicyclic amines) is 1. The van der Waals surface area contributed by atoms with Gasteiger partial charge in [0.15, 0.2) is 0 Å². The van der Waals surface area contributed by atoms with Gasteiger partial charge in [0.1, 0.15) is 0 Å². The summed E-state index contributed by atoms with van der Waals surface area (Å²) in [6.07, 6.45) is 5.34. The zero-order valence-electron chi connectivity index (χ0n) is 17.6. The molecule has 1 aliphatic rings. The number of hydrogen-bond acceptors (Lipinski definition) is 3. The first-order valence-electron chi connectivity index (χ1n) is 10.8. The fourth-order valence-electron chi connectivity index (χ4n) is 3.86. The maximum atomic E-state index is 12.4. The summed E-state index contributed by atoms with van der Waals surface area (Å²) in [4.78, 5) is 19.4. The fraction of sp³-hybridized carbons (Fsp3) is 0.308. The van der Waals surface area contributed by atoms with Crippen molar-refractivity contribution in [1.29, 1.82) is 0 Å². The lowest BCUT2D eigenvalue weighted by Gasteiger charge is -2.14. The van der Waals surface area contributed by atoms with Gasteiger partial charge in [0.05, 0.1) is 5.69 Å². The van der Waals surface area contributed by atoms with E-state index in [1.807, 2.05) is 49.5 Å². The molecule has 1 aliphatic heterocycles. The summed E-state index contributed by atoms with van der Waals surface area (Å²) in [6, 6.07) is 20.5. The molecule has 3 aromatic rings. The Labute approximate surface area is 179 Å². The second-order valence-electron chi connectivity index (χ2n) is 8.10. The van der Waals surface area contributed by atoms with Gasteiger partial charge in [-0.05, 0) is 74.2 Å². The summed E-state index contributed by atoms with van der Waals surface area (Å²) in [7, 11) is 0. The van der Waals surface area contributed by atoms with E-state index in [1.54, 1.807) is 0 Å². The van der Waals surface area contributed by atoms with E-state index in [4.69, 9.17) is 0 Å². The number of rotatable bonds is 7. The molecule has 0 bridgehead atoms. The van der Waals surface area contributed by atoms with Crippen LogP contribution in [-0.4, -0.2) is 35.4 Å². The van der Waals surface area contributed by atoms with Gasteiger partial charge < -0.3 is 5.32 Å². The van der Waals surface area contributed by atoms with Crippen LogP contribution in [-0.2, 0) is 13.0 Å². The van der Waals surface area contributed by atoms with E-state index in [-0.39, 0.29) is 5.91 Å². The Balaban J connectivity index is 1.25. The number of carbonyl (C=O) groups is 1. The third-order valence-corrected chi connectivity index (χ3v) is 5.68. The fourth-order valence-corrected chi connectivity index (χ4v) is 3.86. The van der Waals surface area contributed by atoms with E-state index in [2.05, 4.69) is 39.5 Å². The topological polar surface area (TPSA) is 45.2 Å². The van der Waals surface area contributed by atoms with Crippen LogP contribution in [0.5, 0.6) is 0 Å². The van der Waals surface area contributed by atoms with Gasteiger partial charge in [-0.25, -0.2) is 0 Å². The average Bonchev–Trinajstić information content (AvgIpc) is 3.29. The molecule has 4 heteroatoms. The van der Waals surface area contributed by atoms with Gasteiger partial charge in [-0.1, -0.05) is 42.5 Å². The maximum absolute atomic E-state index is 12.4. The number of hydrogen-bond donors (Lipinski definition) is 1. The first-order valence-corrected chi connectivity index (χ1v) is 10.8. The lowest BCUT2D eigenvalue weighted by atomic mass is 10.1. The average molecular weight is 400 g/mol. The van der Waals surface area contributed by atoms with Gasteiger partial charge >= 0.3 is 0 Å². The summed E-state index contributed by atoms with van der Waals surface area (Å²) < 4.78 is 0. The quantitative estimate of drug-likeness (QED) is 0.630. The Morgan fingerprint density at radius 3 is 2.30 bits per heavy atom. The van der Waals surface area contributed by atoms with E-state index in [9.17, 15) is 4.79 Å². The van der Waals surface area contributed by atoms with Crippen molar-refractivity contribution in [1.82, 2.24) is 15.2 Å². The van der Waals surface area contributed by atoms with Crippen molar-refractivity contribution in [2.24, 2.45) is 0 Å². The van der Waals surface area contributed by atoms with Crippen LogP contribution in [0.4, 0.5) is 0 Å². The molecule has 0 atom stereocenters. The van der Waals surface area contributed by atoms with E-state index >= 15 is 0 Å². The number of nitrogens with one attached hydrogen (secondary N) is 1. The van der Waals surface area contributed by atoms with Crippen molar-refractivity contribution in [3.63, 3.8) is 0 Å². The molecule has 4 nitrogen and oxygen atoms in total. The highest BCUT2D eigenvalue weighted by Crippen LogP contribution is 2.18. The molecule has 2 heterocycles. The minimum Gasteiger partial charge on any atom is -0.352 e. The normalized spacial score (nSPS) is 14.0. The van der Waals surface area contributed by atoms with E-state index in [0.29, 0.717) is 12.1 Å². The Kier molecular flexibility index (Phi) is 6.55. The Hall–Kier alpha value is -2.98. The van der Waals surface area contributed by atoms with Crippen LogP contribution >= 0.6 is 0 Å². The molecule has 0 unspecified atom stereocenters. The molecule has 1 fully saturated rings. The molecule has 2 aromatic carbocycles. The van der Waals surface area contributed by atoms with Gasteiger partial charge in [-0.15, -0.1) is 0 Å². The predicted octanol–water partition coefficient (Wildman–Crippen LogP) is 4.63. The highest BCUT2D eigenvalue weighted by Gasteiger charge is 2.11. The summed E-state index contributed by atoms with van der Waals surface area (Å²) >= 11 is 0. The highest BCUT2D eigenvalue weighted by atomic mass is 16.1. The Bertz CT molecular complexity index is 957. The molecule has 30 heavy (non-hydrogen) atoms. The molecule has 1 saturated heterocycles. The summed E-state index contributed by atoms with van der Waals surface area (Å²) in [6.45, 7) is 6.14. The monoisotopic (exact) mass is 399 g/mol. The molecule has 4 rings (SSSR count). The zero-order chi connectivity index (χ0) is 20.8. The summed E-state index contributed by atoms with van der Waals surface area (Å²) in [5.41, 5.74) is 6.36. The van der Waals surface area contributed by atoms with Crippen molar-refractivity contribution in [3.05, 3.63) is 89.1 Å². The number of carbonyl (C=O) groups excluding carboxylic acids is 1.